The minimum atomic E-state index is 0.752. The molecule has 3 aromatic rings. The second-order valence-electron chi connectivity index (χ2n) is 5.21. The van der Waals surface area contributed by atoms with Crippen molar-refractivity contribution in [1.29, 1.82) is 0 Å². The van der Waals surface area contributed by atoms with Crippen LogP contribution in [0.3, 0.4) is 0 Å². The lowest BCUT2D eigenvalue weighted by Gasteiger charge is -2.06. The Balaban J connectivity index is 1.88. The van der Waals surface area contributed by atoms with Gasteiger partial charge >= 0.3 is 0 Å². The average Bonchev–Trinajstić information content (AvgIpc) is 2.86. The molecule has 0 fully saturated rings. The predicted molar refractivity (Wildman–Crippen MR) is 91.9 cm³/mol. The van der Waals surface area contributed by atoms with Gasteiger partial charge < -0.3 is 4.42 Å². The van der Waals surface area contributed by atoms with E-state index in [0.29, 0.717) is 0 Å². The minimum Gasteiger partial charge on any atom is -0.460 e. The van der Waals surface area contributed by atoms with E-state index in [1.165, 1.54) is 10.9 Å². The summed E-state index contributed by atoms with van der Waals surface area (Å²) < 4.78 is 7.19. The number of allylic oxidation sites excluding steroid dienone is 1. The Morgan fingerprint density at radius 3 is 2.57 bits per heavy atom. The number of benzene rings is 2. The third-order valence-corrected chi connectivity index (χ3v) is 4.85. The fourth-order valence-corrected chi connectivity index (χ4v) is 3.63. The Hall–Kier alpha value is -1.51. The van der Waals surface area contributed by atoms with Crippen LogP contribution in [0.4, 0.5) is 0 Å². The van der Waals surface area contributed by atoms with Crippen molar-refractivity contribution in [2.45, 2.75) is 12.8 Å². The molecule has 1 aliphatic carbocycles. The Morgan fingerprint density at radius 2 is 1.76 bits per heavy atom. The number of fused-ring (bicyclic) bond motifs is 3. The average molecular weight is 360 g/mol. The van der Waals surface area contributed by atoms with Crippen molar-refractivity contribution in [3.8, 4) is 11.1 Å². The third kappa shape index (κ3) is 2.23. The summed E-state index contributed by atoms with van der Waals surface area (Å²) in [5.74, 6) is 1.08. The quantitative estimate of drug-likeness (QED) is 0.487. The number of hydrogen-bond acceptors (Lipinski definition) is 1. The summed E-state index contributed by atoms with van der Waals surface area (Å²) in [4.78, 5) is 0. The molecule has 104 valence electrons. The van der Waals surface area contributed by atoms with Gasteiger partial charge in [0.05, 0.1) is 0 Å². The highest BCUT2D eigenvalue weighted by molar-refractivity contribution is 9.15. The van der Waals surface area contributed by atoms with Gasteiger partial charge in [-0.1, -0.05) is 51.8 Å². The van der Waals surface area contributed by atoms with Crippen LogP contribution in [0.25, 0.3) is 26.6 Å². The monoisotopic (exact) mass is 358 g/mol. The van der Waals surface area contributed by atoms with E-state index in [1.54, 1.807) is 0 Å². The van der Waals surface area contributed by atoms with Gasteiger partial charge in [0.15, 0.2) is 0 Å². The van der Waals surface area contributed by atoms with Crippen molar-refractivity contribution in [3.63, 3.8) is 0 Å². The first kappa shape index (κ1) is 13.2. The molecule has 2 aromatic carbocycles. The molecule has 3 heteroatoms. The van der Waals surface area contributed by atoms with Crippen molar-refractivity contribution < 1.29 is 4.42 Å². The second-order valence-corrected chi connectivity index (χ2v) is 6.50. The second kappa shape index (κ2) is 5.04. The van der Waals surface area contributed by atoms with E-state index in [4.69, 9.17) is 16.0 Å². The Labute approximate surface area is 136 Å². The van der Waals surface area contributed by atoms with Gasteiger partial charge in [-0.05, 0) is 41.8 Å². The lowest BCUT2D eigenvalue weighted by Crippen LogP contribution is -1.91. The van der Waals surface area contributed by atoms with E-state index < -0.39 is 0 Å². The molecule has 0 aliphatic heterocycles. The maximum atomic E-state index is 6.05. The third-order valence-electron chi connectivity index (χ3n) is 3.87. The molecule has 0 saturated carbocycles. The molecule has 4 rings (SSSR count). The van der Waals surface area contributed by atoms with Crippen molar-refractivity contribution in [2.24, 2.45) is 0 Å². The highest BCUT2D eigenvalue weighted by atomic mass is 79.9. The Morgan fingerprint density at radius 1 is 1.00 bits per heavy atom. The van der Waals surface area contributed by atoms with E-state index in [0.717, 1.165) is 44.8 Å². The summed E-state index contributed by atoms with van der Waals surface area (Å²) >= 11 is 9.59. The first-order chi connectivity index (χ1) is 10.2. The molecule has 0 unspecified atom stereocenters. The predicted octanol–water partition coefficient (Wildman–Crippen LogP) is 6.44. The maximum Gasteiger partial charge on any atom is 0.135 e. The molecular weight excluding hydrogens is 348 g/mol. The van der Waals surface area contributed by atoms with Crippen LogP contribution in [-0.4, -0.2) is 0 Å². The number of rotatable bonds is 1. The summed E-state index contributed by atoms with van der Waals surface area (Å²) in [6.07, 6.45) is 4.21. The van der Waals surface area contributed by atoms with Crippen molar-refractivity contribution in [3.05, 3.63) is 64.9 Å². The van der Waals surface area contributed by atoms with E-state index in [1.807, 2.05) is 24.3 Å². The molecule has 0 spiro atoms. The van der Waals surface area contributed by atoms with Crippen LogP contribution in [0.15, 0.2) is 53.0 Å². The van der Waals surface area contributed by atoms with Crippen LogP contribution in [0.5, 0.6) is 0 Å². The number of hydrogen-bond donors (Lipinski definition) is 0. The fraction of sp³-hybridized carbons (Fsp3) is 0.111. The highest BCUT2D eigenvalue weighted by Crippen LogP contribution is 2.39. The lowest BCUT2D eigenvalue weighted by molar-refractivity contribution is 0.546. The molecule has 0 atom stereocenters. The van der Waals surface area contributed by atoms with Crippen LogP contribution in [0.2, 0.25) is 5.02 Å². The molecule has 1 nitrogen and oxygen atoms in total. The van der Waals surface area contributed by atoms with Gasteiger partial charge in [0, 0.05) is 26.9 Å². The summed E-state index contributed by atoms with van der Waals surface area (Å²) in [5, 5.41) is 1.92. The van der Waals surface area contributed by atoms with Gasteiger partial charge in [-0.3, -0.25) is 0 Å². The largest absolute Gasteiger partial charge is 0.460 e. The zero-order valence-corrected chi connectivity index (χ0v) is 13.5. The lowest BCUT2D eigenvalue weighted by atomic mass is 10.00. The maximum absolute atomic E-state index is 6.05. The summed E-state index contributed by atoms with van der Waals surface area (Å²) in [6, 6.07) is 14.3. The number of furan rings is 1. The van der Waals surface area contributed by atoms with Crippen LogP contribution in [0, 0.1) is 0 Å². The molecule has 1 aliphatic rings. The van der Waals surface area contributed by atoms with Crippen LogP contribution >= 0.6 is 27.5 Å². The summed E-state index contributed by atoms with van der Waals surface area (Å²) in [7, 11) is 0. The normalized spacial score (nSPS) is 14.1. The molecule has 0 saturated heterocycles. The van der Waals surface area contributed by atoms with E-state index in [9.17, 15) is 0 Å². The van der Waals surface area contributed by atoms with E-state index in [2.05, 4.69) is 40.2 Å². The standard InChI is InChI=1S/C18H12BrClO/c19-15-2-1-3-16-18(15)14-9-6-12(10-17(14)21-16)11-4-7-13(20)8-5-11/h2,4-10H,1,3H2. The molecule has 1 aromatic heterocycles. The minimum absolute atomic E-state index is 0.752. The van der Waals surface area contributed by atoms with Crippen molar-refractivity contribution in [2.75, 3.05) is 0 Å². The van der Waals surface area contributed by atoms with Crippen LogP contribution in [0.1, 0.15) is 17.7 Å². The zero-order chi connectivity index (χ0) is 14.4. The van der Waals surface area contributed by atoms with Gasteiger partial charge in [-0.2, -0.15) is 0 Å². The van der Waals surface area contributed by atoms with E-state index >= 15 is 0 Å². The zero-order valence-electron chi connectivity index (χ0n) is 11.2. The Kier molecular flexibility index (Phi) is 3.16. The van der Waals surface area contributed by atoms with Crippen LogP contribution < -0.4 is 0 Å². The molecular formula is C18H12BrClO. The van der Waals surface area contributed by atoms with E-state index in [-0.39, 0.29) is 0 Å². The summed E-state index contributed by atoms with van der Waals surface area (Å²) in [6.45, 7) is 0. The van der Waals surface area contributed by atoms with Crippen molar-refractivity contribution >= 4 is 43.0 Å². The molecule has 0 radical (unpaired) electrons. The fourth-order valence-electron chi connectivity index (χ4n) is 2.84. The highest BCUT2D eigenvalue weighted by Gasteiger charge is 2.19. The molecule has 21 heavy (non-hydrogen) atoms. The molecule has 0 amide bonds. The summed E-state index contributed by atoms with van der Waals surface area (Å²) in [5.41, 5.74) is 4.44. The molecule has 0 N–H and O–H groups in total. The van der Waals surface area contributed by atoms with Crippen LogP contribution in [-0.2, 0) is 6.42 Å². The molecule has 1 heterocycles. The van der Waals surface area contributed by atoms with Gasteiger partial charge in [-0.25, -0.2) is 0 Å². The first-order valence-electron chi connectivity index (χ1n) is 6.90. The van der Waals surface area contributed by atoms with Gasteiger partial charge in [0.25, 0.3) is 0 Å². The smallest absolute Gasteiger partial charge is 0.135 e. The topological polar surface area (TPSA) is 13.1 Å². The Bertz CT molecular complexity index is 859. The van der Waals surface area contributed by atoms with Gasteiger partial charge in [-0.15, -0.1) is 0 Å². The first-order valence-corrected chi connectivity index (χ1v) is 8.07. The van der Waals surface area contributed by atoms with Gasteiger partial charge in [0.1, 0.15) is 11.3 Å². The van der Waals surface area contributed by atoms with Gasteiger partial charge in [0.2, 0.25) is 0 Å². The number of aryl methyl sites for hydroxylation is 1. The molecule has 0 bridgehead atoms. The number of halogens is 2. The SMILES string of the molecule is Clc1ccc(-c2ccc3c4c(oc3c2)CCC=C4Br)cc1. The van der Waals surface area contributed by atoms with Crippen molar-refractivity contribution in [1.82, 2.24) is 0 Å².